The van der Waals surface area contributed by atoms with Gasteiger partial charge in [0.2, 0.25) is 5.72 Å². The quantitative estimate of drug-likeness (QED) is 0.606. The highest BCUT2D eigenvalue weighted by Crippen LogP contribution is 2.46. The average Bonchev–Trinajstić information content (AvgIpc) is 2.93. The van der Waals surface area contributed by atoms with Crippen LogP contribution >= 0.6 is 23.0 Å². The summed E-state index contributed by atoms with van der Waals surface area (Å²) < 4.78 is 23.9. The summed E-state index contributed by atoms with van der Waals surface area (Å²) in [6.45, 7) is 3.15. The molecule has 0 saturated carbocycles. The number of fused-ring (bicyclic) bond motifs is 1. The van der Waals surface area contributed by atoms with Crippen molar-refractivity contribution >= 4 is 23.0 Å². The Labute approximate surface area is 145 Å². The third-order valence-corrected chi connectivity index (χ3v) is 4.34. The maximum atomic E-state index is 12.2. The van der Waals surface area contributed by atoms with Crippen molar-refractivity contribution in [3.05, 3.63) is 33.1 Å². The Morgan fingerprint density at radius 3 is 2.74 bits per heavy atom. The van der Waals surface area contributed by atoms with E-state index in [2.05, 4.69) is 4.98 Å². The van der Waals surface area contributed by atoms with E-state index in [1.54, 1.807) is 36.9 Å². The summed E-state index contributed by atoms with van der Waals surface area (Å²) >= 11 is 1.73. The molecule has 2 aliphatic rings. The van der Waals surface area contributed by atoms with Gasteiger partial charge in [0.05, 0.1) is 13.2 Å². The number of aromatic nitrogens is 2. The van der Waals surface area contributed by atoms with Crippen molar-refractivity contribution in [2.75, 3.05) is 13.2 Å². The lowest BCUT2D eigenvalue weighted by Crippen LogP contribution is -2.54. The van der Waals surface area contributed by atoms with E-state index in [4.69, 9.17) is 17.3 Å². The second-order valence-corrected chi connectivity index (χ2v) is 6.56. The van der Waals surface area contributed by atoms with Crippen LogP contribution in [0.1, 0.15) is 13.8 Å². The molecule has 4 atom stereocenters. The molecule has 2 saturated heterocycles. The summed E-state index contributed by atoms with van der Waals surface area (Å²) in [5, 5.41) is 10.0. The zero-order valence-electron chi connectivity index (χ0n) is 12.5. The largest absolute Gasteiger partial charge is 0.391 e. The van der Waals surface area contributed by atoms with E-state index in [-0.39, 0.29) is 6.61 Å². The molecule has 0 spiro atoms. The molecular formula is C13H17IN2O7. The van der Waals surface area contributed by atoms with Crippen LogP contribution in [0.2, 0.25) is 0 Å². The van der Waals surface area contributed by atoms with Crippen LogP contribution in [0, 0.1) is 0 Å². The summed E-state index contributed by atoms with van der Waals surface area (Å²) in [6.07, 6.45) is -0.519. The number of aromatic amines is 1. The number of hydrogen-bond donors (Lipinski definition) is 2. The summed E-state index contributed by atoms with van der Waals surface area (Å²) in [6, 6.07) is 1.18. The number of halogens is 1. The Balaban J connectivity index is 2.10. The lowest BCUT2D eigenvalue weighted by Gasteiger charge is -2.34. The number of hydrogen-bond acceptors (Lipinski definition) is 7. The number of H-pyrrole nitrogens is 1. The van der Waals surface area contributed by atoms with Crippen molar-refractivity contribution in [3.63, 3.8) is 0 Å². The maximum Gasteiger partial charge on any atom is 0.330 e. The van der Waals surface area contributed by atoms with Gasteiger partial charge >= 0.3 is 5.69 Å². The van der Waals surface area contributed by atoms with Crippen LogP contribution < -0.4 is 11.2 Å². The molecular weight excluding hydrogens is 423 g/mol. The highest BCUT2D eigenvalue weighted by Gasteiger charge is 2.64. The van der Waals surface area contributed by atoms with E-state index in [1.807, 2.05) is 0 Å². The van der Waals surface area contributed by atoms with Crippen molar-refractivity contribution in [3.8, 4) is 0 Å². The second-order valence-electron chi connectivity index (χ2n) is 5.94. The first kappa shape index (κ1) is 17.0. The SMILES string of the molecule is CC1(C)OC2C(COI)OC(CO)(n3ccc(=O)[nH]c3=O)C2O1. The van der Waals surface area contributed by atoms with E-state index in [0.717, 1.165) is 4.57 Å². The standard InChI is InChI=1S/C13H17IN2O7/c1-12(2)22-9-7(5-20-14)21-13(6-17,10(9)23-12)16-4-3-8(18)15-11(16)19/h3-4,7,9-10,17H,5-6H2,1-2H3,(H,15,18,19). The predicted octanol–water partition coefficient (Wildman–Crippen LogP) is -0.533. The molecule has 0 amide bonds. The molecule has 4 unspecified atom stereocenters. The van der Waals surface area contributed by atoms with Crippen LogP contribution in [0.25, 0.3) is 0 Å². The summed E-state index contributed by atoms with van der Waals surface area (Å²) in [5.74, 6) is -0.894. The summed E-state index contributed by atoms with van der Waals surface area (Å²) in [5.41, 5.74) is -2.74. The Morgan fingerprint density at radius 1 is 1.39 bits per heavy atom. The van der Waals surface area contributed by atoms with Crippen molar-refractivity contribution in [2.24, 2.45) is 0 Å². The van der Waals surface area contributed by atoms with E-state index in [9.17, 15) is 14.7 Å². The molecule has 0 aliphatic carbocycles. The molecule has 23 heavy (non-hydrogen) atoms. The first-order chi connectivity index (χ1) is 10.8. The lowest BCUT2D eigenvalue weighted by molar-refractivity contribution is -0.243. The number of ether oxygens (including phenoxy) is 3. The molecule has 0 radical (unpaired) electrons. The van der Waals surface area contributed by atoms with Gasteiger partial charge in [0, 0.05) is 12.3 Å². The third-order valence-electron chi connectivity index (χ3n) is 3.98. The molecule has 1 aromatic rings. The van der Waals surface area contributed by atoms with Crippen LogP contribution in [-0.2, 0) is 23.0 Å². The molecule has 3 heterocycles. The van der Waals surface area contributed by atoms with Gasteiger partial charge in [0.1, 0.15) is 41.3 Å². The normalized spacial score (nSPS) is 35.4. The van der Waals surface area contributed by atoms with Crippen LogP contribution in [0.5, 0.6) is 0 Å². The topological polar surface area (TPSA) is 112 Å². The zero-order valence-corrected chi connectivity index (χ0v) is 14.7. The zero-order chi connectivity index (χ0) is 16.8. The molecule has 3 rings (SSSR count). The average molecular weight is 440 g/mol. The molecule has 0 aromatic carbocycles. The molecule has 10 heteroatoms. The Bertz CT molecular complexity index is 702. The molecule has 0 bridgehead atoms. The maximum absolute atomic E-state index is 12.2. The van der Waals surface area contributed by atoms with E-state index in [0.29, 0.717) is 0 Å². The van der Waals surface area contributed by atoms with Crippen molar-refractivity contribution in [1.29, 1.82) is 0 Å². The number of aliphatic hydroxyl groups excluding tert-OH is 1. The molecule has 9 nitrogen and oxygen atoms in total. The predicted molar refractivity (Wildman–Crippen MR) is 85.1 cm³/mol. The van der Waals surface area contributed by atoms with Gasteiger partial charge < -0.3 is 22.4 Å². The van der Waals surface area contributed by atoms with Gasteiger partial charge in [-0.05, 0) is 13.8 Å². The molecule has 1 aromatic heterocycles. The smallest absolute Gasteiger partial charge is 0.330 e. The molecule has 2 N–H and O–H groups in total. The van der Waals surface area contributed by atoms with Crippen molar-refractivity contribution < 1.29 is 22.4 Å². The van der Waals surface area contributed by atoms with E-state index in [1.165, 1.54) is 12.3 Å². The number of aliphatic hydroxyl groups is 1. The minimum Gasteiger partial charge on any atom is -0.391 e. The lowest BCUT2D eigenvalue weighted by atomic mass is 10.0. The van der Waals surface area contributed by atoms with Gasteiger partial charge in [-0.1, -0.05) is 0 Å². The highest BCUT2D eigenvalue weighted by molar-refractivity contribution is 14.1. The Kier molecular flexibility index (Phi) is 4.40. The number of nitrogens with one attached hydrogen (secondary N) is 1. The highest BCUT2D eigenvalue weighted by atomic mass is 127. The number of nitrogens with zero attached hydrogens (tertiary/aromatic N) is 1. The molecule has 128 valence electrons. The summed E-state index contributed by atoms with van der Waals surface area (Å²) in [4.78, 5) is 25.6. The Hall–Kier alpha value is -0.790. The van der Waals surface area contributed by atoms with Crippen LogP contribution in [-0.4, -0.2) is 52.0 Å². The molecule has 2 fully saturated rings. The van der Waals surface area contributed by atoms with Crippen LogP contribution in [0.4, 0.5) is 0 Å². The Morgan fingerprint density at radius 2 is 2.13 bits per heavy atom. The third kappa shape index (κ3) is 2.76. The van der Waals surface area contributed by atoms with Gasteiger partial charge in [-0.25, -0.2) is 4.79 Å². The first-order valence-corrected chi connectivity index (χ1v) is 7.91. The first-order valence-electron chi connectivity index (χ1n) is 7.03. The minimum absolute atomic E-state index is 0.195. The fraction of sp³-hybridized carbons (Fsp3) is 0.692. The monoisotopic (exact) mass is 440 g/mol. The van der Waals surface area contributed by atoms with Gasteiger partial charge in [0.15, 0.2) is 5.79 Å². The van der Waals surface area contributed by atoms with E-state index >= 15 is 0 Å². The van der Waals surface area contributed by atoms with Crippen LogP contribution in [0.3, 0.4) is 0 Å². The second kappa shape index (κ2) is 5.93. The van der Waals surface area contributed by atoms with E-state index < -0.39 is 47.7 Å². The van der Waals surface area contributed by atoms with Gasteiger partial charge in [-0.2, -0.15) is 0 Å². The van der Waals surface area contributed by atoms with Crippen LogP contribution in [0.15, 0.2) is 21.9 Å². The van der Waals surface area contributed by atoms with Gasteiger partial charge in [-0.3, -0.25) is 14.3 Å². The minimum atomic E-state index is -1.50. The van der Waals surface area contributed by atoms with Crippen molar-refractivity contribution in [2.45, 2.75) is 43.7 Å². The van der Waals surface area contributed by atoms with Gasteiger partial charge in [-0.15, -0.1) is 0 Å². The fourth-order valence-electron chi connectivity index (χ4n) is 3.11. The fourth-order valence-corrected chi connectivity index (χ4v) is 3.46. The molecule has 2 aliphatic heterocycles. The van der Waals surface area contributed by atoms with Gasteiger partial charge in [0.25, 0.3) is 5.56 Å². The summed E-state index contributed by atoms with van der Waals surface area (Å²) in [7, 11) is 0. The number of rotatable bonds is 4. The van der Waals surface area contributed by atoms with Crippen molar-refractivity contribution in [1.82, 2.24) is 9.55 Å².